The van der Waals surface area contributed by atoms with E-state index in [1.165, 1.54) is 10.2 Å². The number of anilines is 1. The number of nitrogens with zero attached hydrogens (tertiary/aromatic N) is 4. The fraction of sp³-hybridized carbons (Fsp3) is 0.609. The molecule has 0 bridgehead atoms. The molecule has 1 aliphatic rings. The van der Waals surface area contributed by atoms with Gasteiger partial charge in [-0.2, -0.15) is 5.10 Å². The Balaban J connectivity index is 1.59. The summed E-state index contributed by atoms with van der Waals surface area (Å²) in [6, 6.07) is 4.18. The maximum atomic E-state index is 12.6. The molecule has 0 radical (unpaired) electrons. The zero-order chi connectivity index (χ0) is 22.5. The number of carbonyl (C=O) groups is 1. The van der Waals surface area contributed by atoms with Gasteiger partial charge in [-0.25, -0.2) is 9.48 Å². The predicted octanol–water partition coefficient (Wildman–Crippen LogP) is 2.45. The van der Waals surface area contributed by atoms with Crippen LogP contribution in [-0.2, 0) is 22.6 Å². The molecule has 1 N–H and O–H groups in total. The highest BCUT2D eigenvalue weighted by Crippen LogP contribution is 2.26. The van der Waals surface area contributed by atoms with Crippen LogP contribution in [0.4, 0.5) is 5.69 Å². The van der Waals surface area contributed by atoms with Gasteiger partial charge in [0.15, 0.2) is 0 Å². The lowest BCUT2D eigenvalue weighted by Gasteiger charge is -2.31. The standard InChI is InChI=1S/C23H35N5O3/c1-6-27-22(25-28(23(27)30)11-12-31-5)19-7-9-26(10-8-19)15-20(29)24-21-17(3)13-16(2)14-18(21)4/h13-14,19H,6-12,15H2,1-5H3,(H,24,29). The topological polar surface area (TPSA) is 81.4 Å². The molecule has 2 heterocycles. The first-order valence-electron chi connectivity index (χ1n) is 11.1. The minimum Gasteiger partial charge on any atom is -0.383 e. The summed E-state index contributed by atoms with van der Waals surface area (Å²) in [5.74, 6) is 1.11. The van der Waals surface area contributed by atoms with Crippen LogP contribution in [0, 0.1) is 20.8 Å². The highest BCUT2D eigenvalue weighted by atomic mass is 16.5. The Morgan fingerprint density at radius 3 is 2.42 bits per heavy atom. The van der Waals surface area contributed by atoms with Crippen LogP contribution in [-0.4, -0.2) is 58.5 Å². The Morgan fingerprint density at radius 2 is 1.84 bits per heavy atom. The first-order valence-corrected chi connectivity index (χ1v) is 11.1. The largest absolute Gasteiger partial charge is 0.383 e. The van der Waals surface area contributed by atoms with Gasteiger partial charge in [-0.05, 0) is 64.8 Å². The molecule has 8 heteroatoms. The number of nitrogens with one attached hydrogen (secondary N) is 1. The number of methoxy groups -OCH3 is 1. The summed E-state index contributed by atoms with van der Waals surface area (Å²) >= 11 is 0. The van der Waals surface area contributed by atoms with Crippen molar-refractivity contribution in [1.82, 2.24) is 19.2 Å². The molecule has 0 spiro atoms. The van der Waals surface area contributed by atoms with Crippen LogP contribution < -0.4 is 11.0 Å². The summed E-state index contributed by atoms with van der Waals surface area (Å²) in [7, 11) is 1.62. The minimum atomic E-state index is -0.0693. The van der Waals surface area contributed by atoms with E-state index in [-0.39, 0.29) is 17.5 Å². The van der Waals surface area contributed by atoms with Crippen molar-refractivity contribution in [2.24, 2.45) is 0 Å². The van der Waals surface area contributed by atoms with Gasteiger partial charge in [0.25, 0.3) is 0 Å². The van der Waals surface area contributed by atoms with Crippen LogP contribution in [0.15, 0.2) is 16.9 Å². The molecule has 3 rings (SSSR count). The second kappa shape index (κ2) is 10.2. The second-order valence-electron chi connectivity index (χ2n) is 8.47. The molecule has 0 saturated carbocycles. The zero-order valence-electron chi connectivity index (χ0n) is 19.4. The summed E-state index contributed by atoms with van der Waals surface area (Å²) in [4.78, 5) is 27.4. The quantitative estimate of drug-likeness (QED) is 0.697. The lowest BCUT2D eigenvalue weighted by atomic mass is 9.96. The Morgan fingerprint density at radius 1 is 1.19 bits per heavy atom. The van der Waals surface area contributed by atoms with Crippen molar-refractivity contribution < 1.29 is 9.53 Å². The van der Waals surface area contributed by atoms with Gasteiger partial charge in [-0.3, -0.25) is 14.3 Å². The lowest BCUT2D eigenvalue weighted by molar-refractivity contribution is -0.117. The summed E-state index contributed by atoms with van der Waals surface area (Å²) in [5.41, 5.74) is 4.22. The van der Waals surface area contributed by atoms with Crippen molar-refractivity contribution >= 4 is 11.6 Å². The molecule has 1 saturated heterocycles. The molecule has 1 amide bonds. The molecule has 170 valence electrons. The number of hydrogen-bond acceptors (Lipinski definition) is 5. The maximum Gasteiger partial charge on any atom is 0.345 e. The second-order valence-corrected chi connectivity index (χ2v) is 8.47. The number of carbonyl (C=O) groups excluding carboxylic acids is 1. The molecule has 31 heavy (non-hydrogen) atoms. The van der Waals surface area contributed by atoms with Crippen molar-refractivity contribution in [3.05, 3.63) is 45.1 Å². The third kappa shape index (κ3) is 5.43. The Kier molecular flexibility index (Phi) is 7.67. The van der Waals surface area contributed by atoms with E-state index in [0.29, 0.717) is 26.2 Å². The van der Waals surface area contributed by atoms with E-state index in [1.54, 1.807) is 11.7 Å². The molecule has 8 nitrogen and oxygen atoms in total. The Hall–Kier alpha value is -2.45. The lowest BCUT2D eigenvalue weighted by Crippen LogP contribution is -2.39. The predicted molar refractivity (Wildman–Crippen MR) is 122 cm³/mol. The van der Waals surface area contributed by atoms with Gasteiger partial charge in [0.05, 0.1) is 19.7 Å². The molecule has 0 aliphatic carbocycles. The molecule has 0 atom stereocenters. The van der Waals surface area contributed by atoms with Gasteiger partial charge in [-0.1, -0.05) is 17.7 Å². The Bertz CT molecular complexity index is 947. The van der Waals surface area contributed by atoms with Crippen LogP contribution in [0.1, 0.15) is 48.2 Å². The highest BCUT2D eigenvalue weighted by molar-refractivity contribution is 5.93. The number of likely N-dealkylation sites (tertiary alicyclic amines) is 1. The third-order valence-electron chi connectivity index (χ3n) is 6.04. The zero-order valence-corrected chi connectivity index (χ0v) is 19.4. The number of ether oxygens (including phenoxy) is 1. The molecule has 2 aromatic rings. The number of hydrogen-bond donors (Lipinski definition) is 1. The van der Waals surface area contributed by atoms with Gasteiger partial charge in [0.2, 0.25) is 5.91 Å². The van der Waals surface area contributed by atoms with Crippen molar-refractivity contribution in [3.63, 3.8) is 0 Å². The number of rotatable bonds is 8. The Labute approximate surface area is 184 Å². The summed E-state index contributed by atoms with van der Waals surface area (Å²) in [6.07, 6.45) is 1.77. The summed E-state index contributed by atoms with van der Waals surface area (Å²) in [5, 5.41) is 7.69. The normalized spacial score (nSPS) is 15.4. The number of benzene rings is 1. The molecule has 1 fully saturated rings. The van der Waals surface area contributed by atoms with E-state index in [0.717, 1.165) is 48.6 Å². The van der Waals surface area contributed by atoms with E-state index in [4.69, 9.17) is 4.74 Å². The van der Waals surface area contributed by atoms with E-state index in [2.05, 4.69) is 34.4 Å². The molecule has 1 aliphatic heterocycles. The smallest absolute Gasteiger partial charge is 0.345 e. The monoisotopic (exact) mass is 429 g/mol. The molecular formula is C23H35N5O3. The van der Waals surface area contributed by atoms with Crippen LogP contribution in [0.2, 0.25) is 0 Å². The van der Waals surface area contributed by atoms with E-state index < -0.39 is 0 Å². The summed E-state index contributed by atoms with van der Waals surface area (Å²) in [6.45, 7) is 11.6. The summed E-state index contributed by atoms with van der Waals surface area (Å²) < 4.78 is 8.37. The number of aryl methyl sites for hydroxylation is 3. The maximum absolute atomic E-state index is 12.6. The van der Waals surface area contributed by atoms with Gasteiger partial charge in [-0.15, -0.1) is 0 Å². The van der Waals surface area contributed by atoms with E-state index in [1.807, 2.05) is 20.8 Å². The van der Waals surface area contributed by atoms with Crippen molar-refractivity contribution in [2.75, 3.05) is 38.7 Å². The number of aromatic nitrogens is 3. The average Bonchev–Trinajstić information content (AvgIpc) is 3.05. The molecule has 1 aromatic heterocycles. The van der Waals surface area contributed by atoms with E-state index in [9.17, 15) is 9.59 Å². The third-order valence-corrected chi connectivity index (χ3v) is 6.04. The minimum absolute atomic E-state index is 0.0165. The molecular weight excluding hydrogens is 394 g/mol. The van der Waals surface area contributed by atoms with Crippen molar-refractivity contribution in [1.29, 1.82) is 0 Å². The van der Waals surface area contributed by atoms with Gasteiger partial charge in [0, 0.05) is 25.3 Å². The SMILES string of the molecule is CCn1c(C2CCN(CC(=O)Nc3c(C)cc(C)cc3C)CC2)nn(CCOC)c1=O. The van der Waals surface area contributed by atoms with Crippen LogP contribution in [0.25, 0.3) is 0 Å². The van der Waals surface area contributed by atoms with Crippen LogP contribution in [0.3, 0.4) is 0 Å². The molecule has 1 aromatic carbocycles. The van der Waals surface area contributed by atoms with Gasteiger partial charge >= 0.3 is 5.69 Å². The first kappa shape index (κ1) is 23.2. The first-order chi connectivity index (χ1) is 14.8. The number of piperidine rings is 1. The molecule has 0 unspecified atom stereocenters. The van der Waals surface area contributed by atoms with Crippen molar-refractivity contribution in [3.8, 4) is 0 Å². The van der Waals surface area contributed by atoms with Gasteiger partial charge < -0.3 is 10.1 Å². The van der Waals surface area contributed by atoms with Crippen LogP contribution in [0.5, 0.6) is 0 Å². The van der Waals surface area contributed by atoms with Gasteiger partial charge in [0.1, 0.15) is 5.82 Å². The van der Waals surface area contributed by atoms with Crippen LogP contribution >= 0.6 is 0 Å². The van der Waals surface area contributed by atoms with E-state index >= 15 is 0 Å². The average molecular weight is 430 g/mol. The fourth-order valence-corrected chi connectivity index (χ4v) is 4.49. The fourth-order valence-electron chi connectivity index (χ4n) is 4.49. The number of amides is 1. The van der Waals surface area contributed by atoms with Crippen molar-refractivity contribution in [2.45, 2.75) is 59.5 Å². The highest BCUT2D eigenvalue weighted by Gasteiger charge is 2.27.